The van der Waals surface area contributed by atoms with Crippen LogP contribution in [0.2, 0.25) is 0 Å². The van der Waals surface area contributed by atoms with Crippen LogP contribution in [0, 0.1) is 0 Å². The first-order chi connectivity index (χ1) is 28.6. The summed E-state index contributed by atoms with van der Waals surface area (Å²) in [5.74, 6) is -7.37. The lowest BCUT2D eigenvalue weighted by molar-refractivity contribution is 0.350. The molecule has 0 amide bonds. The van der Waals surface area contributed by atoms with Gasteiger partial charge in [0, 0.05) is 32.7 Å². The van der Waals surface area contributed by atoms with Crippen molar-refractivity contribution in [2.75, 3.05) is 0 Å². The number of hydrogen-bond acceptors (Lipinski definition) is 8. The molecule has 286 valence electrons. The van der Waals surface area contributed by atoms with Gasteiger partial charge in [0.05, 0.1) is 0 Å². The minimum atomic E-state index is -1.02. The number of phenolic OH excluding ortho intramolecular Hbond substituents is 8. The van der Waals surface area contributed by atoms with Crippen LogP contribution in [-0.2, 0) is 6.42 Å². The Hall–Kier alpha value is -8.10. The molecular formula is C51H34O8. The molecule has 0 atom stereocenters. The molecule has 0 radical (unpaired) electrons. The van der Waals surface area contributed by atoms with Gasteiger partial charge in [-0.3, -0.25) is 0 Å². The van der Waals surface area contributed by atoms with Crippen molar-refractivity contribution in [1.29, 1.82) is 0 Å². The van der Waals surface area contributed by atoms with Crippen molar-refractivity contribution < 1.29 is 40.9 Å². The summed E-state index contributed by atoms with van der Waals surface area (Å²) >= 11 is 0. The Balaban J connectivity index is 1.20. The minimum absolute atomic E-state index is 0.00733. The third kappa shape index (κ3) is 5.31. The van der Waals surface area contributed by atoms with Gasteiger partial charge in [0.15, 0.2) is 23.0 Å². The molecular weight excluding hydrogens is 741 g/mol. The average molecular weight is 775 g/mol. The molecule has 8 heteroatoms. The molecule has 8 N–H and O–H groups in total. The maximum atomic E-state index is 11.7. The maximum Gasteiger partial charge on any atom is 0.204 e. The quantitative estimate of drug-likeness (QED) is 0.0487. The van der Waals surface area contributed by atoms with Crippen molar-refractivity contribution in [3.05, 3.63) is 157 Å². The van der Waals surface area contributed by atoms with Crippen molar-refractivity contribution in [3.63, 3.8) is 0 Å². The predicted molar refractivity (Wildman–Crippen MR) is 230 cm³/mol. The van der Waals surface area contributed by atoms with Crippen LogP contribution < -0.4 is 0 Å². The Bertz CT molecular complexity index is 3110. The van der Waals surface area contributed by atoms with Crippen LogP contribution in [-0.4, -0.2) is 40.9 Å². The van der Waals surface area contributed by atoms with E-state index in [0.717, 1.165) is 39.8 Å². The van der Waals surface area contributed by atoms with Crippen molar-refractivity contribution in [1.82, 2.24) is 0 Å². The smallest absolute Gasteiger partial charge is 0.204 e. The van der Waals surface area contributed by atoms with Crippen LogP contribution in [0.1, 0.15) is 11.1 Å². The fourth-order valence-electron chi connectivity index (χ4n) is 8.75. The Morgan fingerprint density at radius 3 is 1.12 bits per heavy atom. The highest BCUT2D eigenvalue weighted by Crippen LogP contribution is 2.62. The topological polar surface area (TPSA) is 162 Å². The monoisotopic (exact) mass is 774 g/mol. The molecule has 0 aliphatic heterocycles. The first-order valence-electron chi connectivity index (χ1n) is 18.9. The number of phenols is 8. The van der Waals surface area contributed by atoms with Crippen LogP contribution >= 0.6 is 0 Å². The van der Waals surface area contributed by atoms with Crippen LogP contribution in [0.15, 0.2) is 146 Å². The normalized spacial score (nSPS) is 11.9. The zero-order valence-corrected chi connectivity index (χ0v) is 31.1. The van der Waals surface area contributed by atoms with E-state index in [4.69, 9.17) is 0 Å². The summed E-state index contributed by atoms with van der Waals surface area (Å²) in [5.41, 5.74) is 11.2. The third-order valence-corrected chi connectivity index (χ3v) is 11.6. The third-order valence-electron chi connectivity index (χ3n) is 11.6. The molecule has 0 aromatic heterocycles. The van der Waals surface area contributed by atoms with Crippen molar-refractivity contribution in [2.45, 2.75) is 6.42 Å². The second-order valence-corrected chi connectivity index (χ2v) is 14.8. The van der Waals surface area contributed by atoms with Crippen LogP contribution in [0.4, 0.5) is 0 Å². The molecule has 9 aromatic carbocycles. The summed E-state index contributed by atoms with van der Waals surface area (Å²) in [5, 5.41) is 89.5. The number of fused-ring (bicyclic) bond motifs is 5. The van der Waals surface area contributed by atoms with E-state index in [1.54, 1.807) is 36.4 Å². The summed E-state index contributed by atoms with van der Waals surface area (Å²) in [6.45, 7) is 0. The van der Waals surface area contributed by atoms with Gasteiger partial charge in [-0.15, -0.1) is 0 Å². The molecule has 10 rings (SSSR count). The Kier molecular flexibility index (Phi) is 7.93. The highest BCUT2D eigenvalue weighted by Gasteiger charge is 2.32. The van der Waals surface area contributed by atoms with E-state index in [1.807, 2.05) is 60.7 Å². The van der Waals surface area contributed by atoms with Crippen molar-refractivity contribution in [3.8, 4) is 113 Å². The summed E-state index contributed by atoms with van der Waals surface area (Å²) in [4.78, 5) is 0. The highest BCUT2D eigenvalue weighted by atomic mass is 16.4. The van der Waals surface area contributed by atoms with E-state index in [9.17, 15) is 40.9 Å². The Morgan fingerprint density at radius 2 is 0.610 bits per heavy atom. The molecule has 1 aliphatic carbocycles. The lowest BCUT2D eigenvalue weighted by Gasteiger charge is -2.22. The molecule has 8 nitrogen and oxygen atoms in total. The molecule has 0 heterocycles. The lowest BCUT2D eigenvalue weighted by atomic mass is 9.83. The van der Waals surface area contributed by atoms with E-state index in [-0.39, 0.29) is 32.7 Å². The second kappa shape index (κ2) is 13.2. The molecule has 0 unspecified atom stereocenters. The zero-order valence-electron chi connectivity index (χ0n) is 31.1. The summed E-state index contributed by atoms with van der Waals surface area (Å²) in [6.07, 6.45) is 0.884. The molecule has 59 heavy (non-hydrogen) atoms. The summed E-state index contributed by atoms with van der Waals surface area (Å²) in [6, 6.07) is 46.6. The standard InChI is InChI=1S/C51H34O8/c52-44-40-38(29-18-14-27(15-19-29)26-8-2-1-3-9-26)41-43(47(55)51(59)49(57)45(41)53)39(42(40)46(54)50(58)48(44)56)30-20-16-28(17-21-30)34-11-6-7-12-35(34)33-23-22-32-24-31-10-4-5-13-36(31)37(32)25-33/h1-23,25,52-59H,24H2. The molecule has 1 aliphatic rings. The fourth-order valence-corrected chi connectivity index (χ4v) is 8.75. The number of benzene rings is 9. The van der Waals surface area contributed by atoms with Gasteiger partial charge in [0.25, 0.3) is 0 Å². The molecule has 0 fully saturated rings. The number of rotatable bonds is 5. The first-order valence-corrected chi connectivity index (χ1v) is 18.9. The van der Waals surface area contributed by atoms with E-state index < -0.39 is 46.0 Å². The minimum Gasteiger partial charge on any atom is -0.504 e. The van der Waals surface area contributed by atoms with E-state index >= 15 is 0 Å². The van der Waals surface area contributed by atoms with Gasteiger partial charge in [-0.05, 0) is 79.2 Å². The highest BCUT2D eigenvalue weighted by molar-refractivity contribution is 6.28. The molecule has 0 saturated heterocycles. The maximum absolute atomic E-state index is 11.7. The van der Waals surface area contributed by atoms with Gasteiger partial charge < -0.3 is 40.9 Å². The summed E-state index contributed by atoms with van der Waals surface area (Å²) < 4.78 is 0. The molecule has 0 saturated carbocycles. The fraction of sp³-hybridized carbons (Fsp3) is 0.0196. The zero-order chi connectivity index (χ0) is 40.7. The van der Waals surface area contributed by atoms with Crippen LogP contribution in [0.25, 0.3) is 88.3 Å². The Morgan fingerprint density at radius 1 is 0.254 bits per heavy atom. The number of hydrogen-bond donors (Lipinski definition) is 8. The summed E-state index contributed by atoms with van der Waals surface area (Å²) in [7, 11) is 0. The van der Waals surface area contributed by atoms with Gasteiger partial charge in [0.1, 0.15) is 0 Å². The van der Waals surface area contributed by atoms with Gasteiger partial charge >= 0.3 is 0 Å². The first kappa shape index (κ1) is 35.3. The Labute approximate surface area is 337 Å². The van der Waals surface area contributed by atoms with Gasteiger partial charge in [0.2, 0.25) is 23.0 Å². The van der Waals surface area contributed by atoms with E-state index in [2.05, 4.69) is 48.5 Å². The van der Waals surface area contributed by atoms with Gasteiger partial charge in [-0.1, -0.05) is 140 Å². The number of aromatic hydroxyl groups is 8. The van der Waals surface area contributed by atoms with Crippen LogP contribution in [0.3, 0.4) is 0 Å². The lowest BCUT2D eigenvalue weighted by Crippen LogP contribution is -1.95. The van der Waals surface area contributed by atoms with Crippen LogP contribution in [0.5, 0.6) is 46.0 Å². The predicted octanol–water partition coefficient (Wildman–Crippen LogP) is 11.5. The van der Waals surface area contributed by atoms with Gasteiger partial charge in [-0.2, -0.15) is 0 Å². The van der Waals surface area contributed by atoms with Crippen molar-refractivity contribution in [2.24, 2.45) is 0 Å². The molecule has 9 aromatic rings. The van der Waals surface area contributed by atoms with Gasteiger partial charge in [-0.25, -0.2) is 0 Å². The average Bonchev–Trinajstić information content (AvgIpc) is 3.66. The van der Waals surface area contributed by atoms with E-state index in [1.165, 1.54) is 22.3 Å². The molecule has 0 spiro atoms. The molecule has 0 bridgehead atoms. The SMILES string of the molecule is Oc1c(O)c(O)c2c(-c3ccc(-c4ccccc4-c4ccc5c(c4)-c4ccccc4C5)cc3)c3c(O)c(O)c(O)c(O)c3c(-c3ccc(-c4ccccc4)cc3)c2c1O. The van der Waals surface area contributed by atoms with Crippen molar-refractivity contribution >= 4 is 21.5 Å². The van der Waals surface area contributed by atoms with E-state index in [0.29, 0.717) is 11.1 Å². The second-order valence-electron chi connectivity index (χ2n) is 14.8. The largest absolute Gasteiger partial charge is 0.504 e.